The van der Waals surface area contributed by atoms with E-state index in [0.29, 0.717) is 5.92 Å². The minimum atomic E-state index is -0.0909. The summed E-state index contributed by atoms with van der Waals surface area (Å²) >= 11 is 0. The van der Waals surface area contributed by atoms with E-state index in [4.69, 9.17) is 0 Å². The number of rotatable bonds is 5. The first-order valence-corrected chi connectivity index (χ1v) is 6.97. The Morgan fingerprint density at radius 2 is 1.94 bits per heavy atom. The summed E-state index contributed by atoms with van der Waals surface area (Å²) in [6, 6.07) is 6.12. The lowest BCUT2D eigenvalue weighted by molar-refractivity contribution is 0.0949. The molecule has 0 radical (unpaired) electrons. The minimum absolute atomic E-state index is 0.0909. The summed E-state index contributed by atoms with van der Waals surface area (Å²) in [6.07, 6.45) is 3.53. The molecule has 0 saturated carbocycles. The van der Waals surface area contributed by atoms with Gasteiger partial charge in [0, 0.05) is 5.56 Å². The zero-order valence-corrected chi connectivity index (χ0v) is 11.6. The highest BCUT2D eigenvalue weighted by Crippen LogP contribution is 2.23. The lowest BCUT2D eigenvalue weighted by Crippen LogP contribution is -2.36. The maximum absolute atomic E-state index is 12.3. The molecule has 0 heterocycles. The van der Waals surface area contributed by atoms with Crippen LogP contribution in [0.2, 0.25) is 0 Å². The Morgan fingerprint density at radius 3 is 2.67 bits per heavy atom. The molecule has 0 aliphatic heterocycles. The number of aryl methyl sites for hydroxylation is 2. The maximum atomic E-state index is 12.3. The maximum Gasteiger partial charge on any atom is 0.179 e. The van der Waals surface area contributed by atoms with Crippen LogP contribution in [0.3, 0.4) is 0 Å². The normalized spacial score (nSPS) is 15.8. The second-order valence-electron chi connectivity index (χ2n) is 5.73. The molecule has 18 heavy (non-hydrogen) atoms. The molecule has 0 saturated heterocycles. The molecule has 2 nitrogen and oxygen atoms in total. The van der Waals surface area contributed by atoms with Crippen molar-refractivity contribution < 1.29 is 4.79 Å². The van der Waals surface area contributed by atoms with Crippen LogP contribution in [0.4, 0.5) is 0 Å². The molecule has 1 atom stereocenters. The molecule has 1 N–H and O–H groups in total. The second kappa shape index (κ2) is 5.66. The van der Waals surface area contributed by atoms with Crippen molar-refractivity contribution >= 4 is 5.78 Å². The summed E-state index contributed by atoms with van der Waals surface area (Å²) in [5.41, 5.74) is 3.66. The first-order valence-electron chi connectivity index (χ1n) is 6.97. The van der Waals surface area contributed by atoms with E-state index < -0.39 is 0 Å². The molecule has 0 amide bonds. The number of carbonyl (C=O) groups excluding carboxylic acids is 1. The van der Waals surface area contributed by atoms with Crippen molar-refractivity contribution in [2.45, 2.75) is 46.1 Å². The highest BCUT2D eigenvalue weighted by Gasteiger charge is 2.18. The van der Waals surface area contributed by atoms with Crippen molar-refractivity contribution in [1.82, 2.24) is 5.32 Å². The molecule has 0 fully saturated rings. The van der Waals surface area contributed by atoms with Crippen LogP contribution in [0, 0.1) is 5.92 Å². The topological polar surface area (TPSA) is 29.1 Å². The van der Waals surface area contributed by atoms with E-state index >= 15 is 0 Å². The van der Waals surface area contributed by atoms with Crippen LogP contribution in [0.25, 0.3) is 0 Å². The van der Waals surface area contributed by atoms with Gasteiger partial charge in [0.15, 0.2) is 5.78 Å². The van der Waals surface area contributed by atoms with Gasteiger partial charge < -0.3 is 5.32 Å². The molecule has 0 spiro atoms. The van der Waals surface area contributed by atoms with Gasteiger partial charge in [-0.1, -0.05) is 26.0 Å². The van der Waals surface area contributed by atoms with Gasteiger partial charge in [-0.25, -0.2) is 0 Å². The van der Waals surface area contributed by atoms with Crippen LogP contribution in [-0.2, 0) is 12.8 Å². The summed E-state index contributed by atoms with van der Waals surface area (Å²) in [6.45, 7) is 7.15. The van der Waals surface area contributed by atoms with Crippen molar-refractivity contribution in [3.05, 3.63) is 34.9 Å². The molecule has 1 aromatic carbocycles. The van der Waals surface area contributed by atoms with E-state index in [0.717, 1.165) is 18.5 Å². The number of Topliss-reactive ketones (excluding diaryl/α,β-unsaturated/α-hetero) is 1. The lowest BCUT2D eigenvalue weighted by atomic mass is 10.00. The van der Waals surface area contributed by atoms with Gasteiger partial charge in [-0.05, 0) is 55.8 Å². The number of carbonyl (C=O) groups is 1. The van der Waals surface area contributed by atoms with Crippen molar-refractivity contribution in [3.8, 4) is 0 Å². The van der Waals surface area contributed by atoms with Gasteiger partial charge in [0.05, 0.1) is 6.04 Å². The van der Waals surface area contributed by atoms with Crippen LogP contribution < -0.4 is 5.32 Å². The Labute approximate surface area is 110 Å². The molecule has 0 aromatic heterocycles. The Balaban J connectivity index is 2.04. The van der Waals surface area contributed by atoms with Gasteiger partial charge in [0.1, 0.15) is 0 Å². The van der Waals surface area contributed by atoms with Crippen LogP contribution in [-0.4, -0.2) is 18.4 Å². The molecular weight excluding hydrogens is 222 g/mol. The average molecular weight is 245 g/mol. The van der Waals surface area contributed by atoms with Gasteiger partial charge in [0.2, 0.25) is 0 Å². The predicted octanol–water partition coefficient (Wildman–Crippen LogP) is 2.99. The number of fused-ring (bicyclic) bond motifs is 1. The van der Waals surface area contributed by atoms with Gasteiger partial charge in [-0.2, -0.15) is 0 Å². The molecular formula is C16H23NO. The fraction of sp³-hybridized carbons (Fsp3) is 0.562. The smallest absolute Gasteiger partial charge is 0.179 e. The first-order chi connectivity index (χ1) is 8.58. The monoisotopic (exact) mass is 245 g/mol. The Hall–Kier alpha value is -1.15. The Morgan fingerprint density at radius 1 is 1.22 bits per heavy atom. The largest absolute Gasteiger partial charge is 0.307 e. The van der Waals surface area contributed by atoms with E-state index in [1.54, 1.807) is 0 Å². The van der Waals surface area contributed by atoms with Gasteiger partial charge in [-0.3, -0.25) is 4.79 Å². The number of nitrogens with one attached hydrogen (secondary N) is 1. The van der Waals surface area contributed by atoms with Crippen molar-refractivity contribution in [3.63, 3.8) is 0 Å². The second-order valence-corrected chi connectivity index (χ2v) is 5.73. The summed E-state index contributed by atoms with van der Waals surface area (Å²) in [7, 11) is 0. The molecule has 0 bridgehead atoms. The third kappa shape index (κ3) is 2.99. The average Bonchev–Trinajstić information content (AvgIpc) is 2.81. The predicted molar refractivity (Wildman–Crippen MR) is 75.1 cm³/mol. The van der Waals surface area contributed by atoms with Gasteiger partial charge in [0.25, 0.3) is 0 Å². The van der Waals surface area contributed by atoms with Crippen LogP contribution in [0.15, 0.2) is 18.2 Å². The summed E-state index contributed by atoms with van der Waals surface area (Å²) < 4.78 is 0. The molecule has 2 rings (SSSR count). The summed E-state index contributed by atoms with van der Waals surface area (Å²) in [4.78, 5) is 12.3. The molecule has 1 aromatic rings. The van der Waals surface area contributed by atoms with E-state index in [2.05, 4.69) is 31.3 Å². The van der Waals surface area contributed by atoms with Gasteiger partial charge in [-0.15, -0.1) is 0 Å². The van der Waals surface area contributed by atoms with Crippen LogP contribution in [0.5, 0.6) is 0 Å². The molecule has 1 aliphatic rings. The standard InChI is InChI=1S/C16H23NO/c1-11(2)10-17-12(3)16(18)15-8-7-13-5-4-6-14(13)9-15/h7-9,11-12,17H,4-6,10H2,1-3H3. The number of hydrogen-bond acceptors (Lipinski definition) is 2. The van der Waals surface area contributed by atoms with E-state index in [9.17, 15) is 4.79 Å². The van der Waals surface area contributed by atoms with Crippen molar-refractivity contribution in [2.75, 3.05) is 6.54 Å². The molecule has 1 unspecified atom stereocenters. The third-order valence-electron chi connectivity index (χ3n) is 3.61. The highest BCUT2D eigenvalue weighted by molar-refractivity contribution is 6.00. The van der Waals surface area contributed by atoms with E-state index in [1.165, 1.54) is 24.0 Å². The summed E-state index contributed by atoms with van der Waals surface area (Å²) in [5.74, 6) is 0.783. The fourth-order valence-corrected chi connectivity index (χ4v) is 2.48. The zero-order valence-electron chi connectivity index (χ0n) is 11.6. The van der Waals surface area contributed by atoms with E-state index in [-0.39, 0.29) is 11.8 Å². The SMILES string of the molecule is CC(C)CNC(C)C(=O)c1ccc2c(c1)CCC2. The van der Waals surface area contributed by atoms with Crippen LogP contribution in [0.1, 0.15) is 48.7 Å². The van der Waals surface area contributed by atoms with Crippen molar-refractivity contribution in [1.29, 1.82) is 0 Å². The lowest BCUT2D eigenvalue weighted by Gasteiger charge is -2.15. The highest BCUT2D eigenvalue weighted by atomic mass is 16.1. The minimum Gasteiger partial charge on any atom is -0.307 e. The number of benzene rings is 1. The van der Waals surface area contributed by atoms with Gasteiger partial charge >= 0.3 is 0 Å². The number of ketones is 1. The Bertz CT molecular complexity index is 437. The summed E-state index contributed by atoms with van der Waals surface area (Å²) in [5, 5.41) is 3.30. The first kappa shape index (κ1) is 13.3. The molecule has 2 heteroatoms. The van der Waals surface area contributed by atoms with Crippen LogP contribution >= 0.6 is 0 Å². The van der Waals surface area contributed by atoms with Crippen molar-refractivity contribution in [2.24, 2.45) is 5.92 Å². The third-order valence-corrected chi connectivity index (χ3v) is 3.61. The number of hydrogen-bond donors (Lipinski definition) is 1. The Kier molecular flexibility index (Phi) is 4.18. The fourth-order valence-electron chi connectivity index (χ4n) is 2.48. The quantitative estimate of drug-likeness (QED) is 0.808. The zero-order chi connectivity index (χ0) is 13.1. The van der Waals surface area contributed by atoms with E-state index in [1.807, 2.05) is 13.0 Å². The molecule has 98 valence electrons. The molecule has 1 aliphatic carbocycles.